The maximum absolute atomic E-state index is 10.5. The van der Waals surface area contributed by atoms with Crippen molar-refractivity contribution in [3.05, 3.63) is 11.6 Å². The van der Waals surface area contributed by atoms with Gasteiger partial charge in [-0.1, -0.05) is 65.5 Å². The molecule has 5 aliphatic rings. The molecule has 1 heterocycles. The fourth-order valence-corrected chi connectivity index (χ4v) is 10.1. The van der Waals surface area contributed by atoms with Crippen LogP contribution in [0.5, 0.6) is 0 Å². The first kappa shape index (κ1) is 30.0. The second kappa shape index (κ2) is 11.6. The molecule has 39 heavy (non-hydrogen) atoms. The Morgan fingerprint density at radius 1 is 0.949 bits per heavy atom. The Bertz CT molecular complexity index is 872. The number of allylic oxidation sites excluding steroid dienone is 1. The van der Waals surface area contributed by atoms with Crippen LogP contribution in [0.15, 0.2) is 11.6 Å². The van der Waals surface area contributed by atoms with E-state index in [1.165, 1.54) is 56.9 Å². The second-order valence-electron chi connectivity index (χ2n) is 15.0. The van der Waals surface area contributed by atoms with Gasteiger partial charge in [0, 0.05) is 0 Å². The zero-order valence-electron chi connectivity index (χ0n) is 25.1. The summed E-state index contributed by atoms with van der Waals surface area (Å²) >= 11 is 0. The molecule has 6 heteroatoms. The predicted octanol–water partition coefficient (Wildman–Crippen LogP) is 5.21. The minimum atomic E-state index is -1.39. The Kier molecular flexibility index (Phi) is 8.95. The van der Waals surface area contributed by atoms with Crippen LogP contribution in [-0.2, 0) is 9.47 Å². The molecule has 1 saturated heterocycles. The van der Waals surface area contributed by atoms with E-state index in [1.807, 2.05) is 0 Å². The average Bonchev–Trinajstić information content (AvgIpc) is 3.26. The van der Waals surface area contributed by atoms with Crippen LogP contribution in [0.4, 0.5) is 0 Å². The molecule has 224 valence electrons. The van der Waals surface area contributed by atoms with Crippen LogP contribution in [-0.4, -0.2) is 63.8 Å². The van der Waals surface area contributed by atoms with Crippen LogP contribution in [0.2, 0.25) is 0 Å². The van der Waals surface area contributed by atoms with Crippen molar-refractivity contribution in [1.29, 1.82) is 0 Å². The highest BCUT2D eigenvalue weighted by Gasteiger charge is 2.59. The smallest absolute Gasteiger partial charge is 0.186 e. The third kappa shape index (κ3) is 5.41. The largest absolute Gasteiger partial charge is 0.394 e. The molecule has 4 aliphatic carbocycles. The van der Waals surface area contributed by atoms with Crippen molar-refractivity contribution in [2.24, 2.45) is 46.3 Å². The van der Waals surface area contributed by atoms with E-state index in [-0.39, 0.29) is 11.5 Å². The molecule has 0 amide bonds. The Hall–Kier alpha value is -0.500. The molecule has 4 N–H and O–H groups in total. The summed E-state index contributed by atoms with van der Waals surface area (Å²) in [6, 6.07) is 0. The third-order valence-corrected chi connectivity index (χ3v) is 12.4. The molecule has 1 aliphatic heterocycles. The fraction of sp³-hybridized carbons (Fsp3) is 0.939. The molecule has 4 fully saturated rings. The average molecular weight is 549 g/mol. The zero-order valence-corrected chi connectivity index (χ0v) is 25.1. The van der Waals surface area contributed by atoms with Crippen molar-refractivity contribution >= 4 is 0 Å². The van der Waals surface area contributed by atoms with Crippen LogP contribution in [0.1, 0.15) is 105 Å². The van der Waals surface area contributed by atoms with Gasteiger partial charge in [-0.2, -0.15) is 0 Å². The van der Waals surface area contributed by atoms with Crippen molar-refractivity contribution < 1.29 is 29.9 Å². The quantitative estimate of drug-likeness (QED) is 0.311. The van der Waals surface area contributed by atoms with Gasteiger partial charge in [0.25, 0.3) is 0 Å². The summed E-state index contributed by atoms with van der Waals surface area (Å²) in [5.41, 5.74) is 2.20. The molecule has 0 aromatic rings. The van der Waals surface area contributed by atoms with Gasteiger partial charge in [-0.25, -0.2) is 0 Å². The van der Waals surface area contributed by atoms with Crippen LogP contribution >= 0.6 is 0 Å². The van der Waals surface area contributed by atoms with E-state index < -0.39 is 37.3 Å². The van der Waals surface area contributed by atoms with E-state index in [0.29, 0.717) is 5.41 Å². The monoisotopic (exact) mass is 548 g/mol. The lowest BCUT2D eigenvalue weighted by Crippen LogP contribution is -2.60. The van der Waals surface area contributed by atoms with Gasteiger partial charge in [-0.05, 0) is 97.7 Å². The molecule has 13 atom stereocenters. The molecule has 5 rings (SSSR count). The van der Waals surface area contributed by atoms with Crippen molar-refractivity contribution in [3.63, 3.8) is 0 Å². The molecule has 3 saturated carbocycles. The highest BCUT2D eigenvalue weighted by Crippen LogP contribution is 2.67. The summed E-state index contributed by atoms with van der Waals surface area (Å²) in [4.78, 5) is 0. The SMILES string of the molecule is CC(C)CCC[C@@H](C)[C@H]1CC[C@H]2[C@@H]3CC=C4C[C@@H](O[C@H]5O[C@@H](CO)[C@@H](O)[C@H](O)[C@@H]5O)CC[C@]4(C)[C@H]3CC[C@]12C. The summed E-state index contributed by atoms with van der Waals surface area (Å²) in [7, 11) is 0. The Balaban J connectivity index is 1.24. The van der Waals surface area contributed by atoms with E-state index >= 15 is 0 Å². The molecule has 0 radical (unpaired) electrons. The molecular weight excluding hydrogens is 492 g/mol. The van der Waals surface area contributed by atoms with E-state index in [1.54, 1.807) is 0 Å². The minimum Gasteiger partial charge on any atom is -0.394 e. The number of hydrogen-bond acceptors (Lipinski definition) is 6. The summed E-state index contributed by atoms with van der Waals surface area (Å²) < 4.78 is 11.9. The summed E-state index contributed by atoms with van der Waals surface area (Å²) in [5, 5.41) is 40.3. The van der Waals surface area contributed by atoms with Gasteiger partial charge in [-0.3, -0.25) is 0 Å². The highest BCUT2D eigenvalue weighted by atomic mass is 16.7. The zero-order chi connectivity index (χ0) is 28.1. The van der Waals surface area contributed by atoms with Gasteiger partial charge in [-0.15, -0.1) is 0 Å². The van der Waals surface area contributed by atoms with Gasteiger partial charge >= 0.3 is 0 Å². The molecule has 0 spiro atoms. The summed E-state index contributed by atoms with van der Waals surface area (Å²) in [5.74, 6) is 4.87. The van der Waals surface area contributed by atoms with Crippen LogP contribution in [0.25, 0.3) is 0 Å². The van der Waals surface area contributed by atoms with Gasteiger partial charge in [0.2, 0.25) is 0 Å². The standard InChI is InChI=1S/C33H56O6/c1-19(2)7-6-8-20(3)24-11-12-25-23-10-9-21-17-22(13-15-32(21,4)26(23)14-16-33(24,25)5)38-31-30(37)29(36)28(35)27(18-34)39-31/h9,19-20,22-31,34-37H,6-8,10-18H2,1-5H3/t20-,22+,23+,24-,25+,26+,27+,28-,29+,30+,31+,32+,33-/m1/s1. The van der Waals surface area contributed by atoms with Crippen LogP contribution in [0, 0.1) is 46.3 Å². The molecule has 0 aromatic heterocycles. The van der Waals surface area contributed by atoms with Gasteiger partial charge < -0.3 is 29.9 Å². The minimum absolute atomic E-state index is 0.0984. The molecule has 6 nitrogen and oxygen atoms in total. The normalized spacial score (nSPS) is 48.7. The number of ether oxygens (including phenoxy) is 2. The van der Waals surface area contributed by atoms with Crippen molar-refractivity contribution in [3.8, 4) is 0 Å². The molecular formula is C33H56O6. The lowest BCUT2D eigenvalue weighted by molar-refractivity contribution is -0.313. The molecule has 0 unspecified atom stereocenters. The number of hydrogen-bond donors (Lipinski definition) is 4. The predicted molar refractivity (Wildman–Crippen MR) is 152 cm³/mol. The fourth-order valence-electron chi connectivity index (χ4n) is 10.1. The first-order chi connectivity index (χ1) is 18.5. The van der Waals surface area contributed by atoms with E-state index in [4.69, 9.17) is 9.47 Å². The Morgan fingerprint density at radius 3 is 2.44 bits per heavy atom. The maximum Gasteiger partial charge on any atom is 0.186 e. The molecule has 0 aromatic carbocycles. The van der Waals surface area contributed by atoms with Crippen molar-refractivity contribution in [1.82, 2.24) is 0 Å². The lowest BCUT2D eigenvalue weighted by atomic mass is 9.47. The number of aliphatic hydroxyl groups is 4. The topological polar surface area (TPSA) is 99.4 Å². The second-order valence-corrected chi connectivity index (χ2v) is 15.0. The summed E-state index contributed by atoms with van der Waals surface area (Å²) in [6.07, 6.45) is 9.98. The number of aliphatic hydroxyl groups excluding tert-OH is 4. The number of fused-ring (bicyclic) bond motifs is 5. The van der Waals surface area contributed by atoms with Gasteiger partial charge in [0.15, 0.2) is 6.29 Å². The van der Waals surface area contributed by atoms with Crippen molar-refractivity contribution in [2.45, 2.75) is 142 Å². The summed E-state index contributed by atoms with van der Waals surface area (Å²) in [6.45, 7) is 12.0. The lowest BCUT2D eigenvalue weighted by Gasteiger charge is -2.58. The number of rotatable bonds is 8. The Labute approximate surface area is 236 Å². The van der Waals surface area contributed by atoms with Crippen molar-refractivity contribution in [2.75, 3.05) is 6.61 Å². The third-order valence-electron chi connectivity index (χ3n) is 12.4. The molecule has 0 bridgehead atoms. The van der Waals surface area contributed by atoms with Gasteiger partial charge in [0.1, 0.15) is 24.4 Å². The Morgan fingerprint density at radius 2 is 1.72 bits per heavy atom. The highest BCUT2D eigenvalue weighted by molar-refractivity contribution is 5.25. The first-order valence-corrected chi connectivity index (χ1v) is 16.1. The van der Waals surface area contributed by atoms with E-state index in [2.05, 4.69) is 40.7 Å². The van der Waals surface area contributed by atoms with E-state index in [0.717, 1.165) is 54.8 Å². The first-order valence-electron chi connectivity index (χ1n) is 16.1. The van der Waals surface area contributed by atoms with Crippen LogP contribution in [0.3, 0.4) is 0 Å². The van der Waals surface area contributed by atoms with Crippen LogP contribution < -0.4 is 0 Å². The maximum atomic E-state index is 10.5. The van der Waals surface area contributed by atoms with E-state index in [9.17, 15) is 20.4 Å². The van der Waals surface area contributed by atoms with Gasteiger partial charge in [0.05, 0.1) is 12.7 Å².